The summed E-state index contributed by atoms with van der Waals surface area (Å²) in [7, 11) is -3.65. The highest BCUT2D eigenvalue weighted by molar-refractivity contribution is 7.89. The van der Waals surface area contributed by atoms with Gasteiger partial charge in [-0.15, -0.1) is 0 Å². The summed E-state index contributed by atoms with van der Waals surface area (Å²) in [4.78, 5) is 6.82. The highest BCUT2D eigenvalue weighted by Gasteiger charge is 2.17. The van der Waals surface area contributed by atoms with Crippen LogP contribution in [-0.2, 0) is 23.0 Å². The maximum Gasteiger partial charge on any atom is 0.242 e. The molecule has 0 fully saturated rings. The SMILES string of the molecule is NCc1ccc(Cl)c(S(=O)(=O)NCCc2cnc[nH]2)c1. The van der Waals surface area contributed by atoms with E-state index >= 15 is 0 Å². The predicted octanol–water partition coefficient (Wildman–Crippen LogP) is 1.04. The quantitative estimate of drug-likeness (QED) is 0.741. The number of hydrogen-bond acceptors (Lipinski definition) is 4. The summed E-state index contributed by atoms with van der Waals surface area (Å²) in [5.74, 6) is 0. The summed E-state index contributed by atoms with van der Waals surface area (Å²) in [5.41, 5.74) is 7.07. The van der Waals surface area contributed by atoms with E-state index in [4.69, 9.17) is 17.3 Å². The molecule has 0 saturated heterocycles. The maximum absolute atomic E-state index is 12.2. The van der Waals surface area contributed by atoms with Crippen LogP contribution in [0.3, 0.4) is 0 Å². The topological polar surface area (TPSA) is 101 Å². The number of halogens is 1. The van der Waals surface area contributed by atoms with Gasteiger partial charge in [0, 0.05) is 31.4 Å². The van der Waals surface area contributed by atoms with Gasteiger partial charge in [0.25, 0.3) is 0 Å². The van der Waals surface area contributed by atoms with Crippen molar-refractivity contribution >= 4 is 21.6 Å². The van der Waals surface area contributed by atoms with Crippen LogP contribution in [0.4, 0.5) is 0 Å². The fourth-order valence-electron chi connectivity index (χ4n) is 1.70. The number of H-pyrrole nitrogens is 1. The number of rotatable bonds is 6. The van der Waals surface area contributed by atoms with E-state index in [0.29, 0.717) is 12.0 Å². The van der Waals surface area contributed by atoms with Gasteiger partial charge in [0.2, 0.25) is 10.0 Å². The molecule has 4 N–H and O–H groups in total. The number of sulfonamides is 1. The first kappa shape index (κ1) is 15.0. The van der Waals surface area contributed by atoms with Gasteiger partial charge in [-0.1, -0.05) is 17.7 Å². The van der Waals surface area contributed by atoms with Crippen molar-refractivity contribution in [2.24, 2.45) is 5.73 Å². The second-order valence-corrected chi connectivity index (χ2v) is 6.34. The predicted molar refractivity (Wildman–Crippen MR) is 76.8 cm³/mol. The Kier molecular flexibility index (Phi) is 4.77. The van der Waals surface area contributed by atoms with Crippen molar-refractivity contribution in [3.05, 3.63) is 47.0 Å². The molecule has 0 saturated carbocycles. The number of aromatic amines is 1. The third-order valence-electron chi connectivity index (χ3n) is 2.76. The second-order valence-electron chi connectivity index (χ2n) is 4.19. The lowest BCUT2D eigenvalue weighted by Gasteiger charge is -2.09. The van der Waals surface area contributed by atoms with Crippen LogP contribution in [0, 0.1) is 0 Å². The molecule has 0 amide bonds. The largest absolute Gasteiger partial charge is 0.348 e. The maximum atomic E-state index is 12.2. The highest BCUT2D eigenvalue weighted by atomic mass is 35.5. The first-order valence-electron chi connectivity index (χ1n) is 5.98. The average Bonchev–Trinajstić information content (AvgIpc) is 2.92. The van der Waals surface area contributed by atoms with Crippen LogP contribution >= 0.6 is 11.6 Å². The fourth-order valence-corrected chi connectivity index (χ4v) is 3.28. The molecule has 1 heterocycles. The molecule has 0 aliphatic carbocycles. The number of benzene rings is 1. The first-order valence-corrected chi connectivity index (χ1v) is 7.84. The number of nitrogens with two attached hydrogens (primary N) is 1. The molecule has 0 bridgehead atoms. The molecule has 0 unspecified atom stereocenters. The van der Waals surface area contributed by atoms with Crippen molar-refractivity contribution in [2.75, 3.05) is 6.54 Å². The zero-order valence-corrected chi connectivity index (χ0v) is 12.2. The lowest BCUT2D eigenvalue weighted by atomic mass is 10.2. The zero-order chi connectivity index (χ0) is 14.6. The van der Waals surface area contributed by atoms with Gasteiger partial charge in [0.05, 0.1) is 11.3 Å². The van der Waals surface area contributed by atoms with E-state index in [9.17, 15) is 8.42 Å². The highest BCUT2D eigenvalue weighted by Crippen LogP contribution is 2.22. The molecule has 108 valence electrons. The summed E-state index contributed by atoms with van der Waals surface area (Å²) in [6.07, 6.45) is 3.72. The minimum atomic E-state index is -3.65. The molecule has 6 nitrogen and oxygen atoms in total. The van der Waals surface area contributed by atoms with E-state index < -0.39 is 10.0 Å². The molecule has 1 aromatic carbocycles. The average molecular weight is 315 g/mol. The van der Waals surface area contributed by atoms with E-state index in [2.05, 4.69) is 14.7 Å². The summed E-state index contributed by atoms with van der Waals surface area (Å²) >= 11 is 5.94. The van der Waals surface area contributed by atoms with Gasteiger partial charge in [0.15, 0.2) is 0 Å². The van der Waals surface area contributed by atoms with Crippen molar-refractivity contribution in [1.29, 1.82) is 0 Å². The van der Waals surface area contributed by atoms with Gasteiger partial charge in [-0.05, 0) is 17.7 Å². The van der Waals surface area contributed by atoms with Crippen molar-refractivity contribution in [3.8, 4) is 0 Å². The van der Waals surface area contributed by atoms with Crippen LogP contribution in [0.25, 0.3) is 0 Å². The number of hydrogen-bond donors (Lipinski definition) is 3. The van der Waals surface area contributed by atoms with Gasteiger partial charge in [-0.2, -0.15) is 0 Å². The Morgan fingerprint density at radius 2 is 2.20 bits per heavy atom. The number of imidazole rings is 1. The Hall–Kier alpha value is -1.41. The van der Waals surface area contributed by atoms with Crippen LogP contribution in [0.1, 0.15) is 11.3 Å². The van der Waals surface area contributed by atoms with Gasteiger partial charge < -0.3 is 10.7 Å². The molecule has 0 atom stereocenters. The minimum Gasteiger partial charge on any atom is -0.348 e. The smallest absolute Gasteiger partial charge is 0.242 e. The first-order chi connectivity index (χ1) is 9.53. The monoisotopic (exact) mass is 314 g/mol. The molecule has 0 spiro atoms. The van der Waals surface area contributed by atoms with Crippen LogP contribution in [0.2, 0.25) is 5.02 Å². The zero-order valence-electron chi connectivity index (χ0n) is 10.6. The summed E-state index contributed by atoms with van der Waals surface area (Å²) in [6, 6.07) is 4.72. The Labute approximate surface area is 122 Å². The normalized spacial score (nSPS) is 11.7. The molecule has 20 heavy (non-hydrogen) atoms. The molecule has 2 rings (SSSR count). The summed E-state index contributed by atoms with van der Waals surface area (Å²) < 4.78 is 26.9. The van der Waals surface area contributed by atoms with Crippen LogP contribution in [-0.4, -0.2) is 24.9 Å². The molecule has 8 heteroatoms. The van der Waals surface area contributed by atoms with Gasteiger partial charge >= 0.3 is 0 Å². The van der Waals surface area contributed by atoms with Crippen molar-refractivity contribution in [2.45, 2.75) is 17.9 Å². The Morgan fingerprint density at radius 1 is 1.40 bits per heavy atom. The lowest BCUT2D eigenvalue weighted by Crippen LogP contribution is -2.26. The van der Waals surface area contributed by atoms with Crippen molar-refractivity contribution in [1.82, 2.24) is 14.7 Å². The van der Waals surface area contributed by atoms with E-state index in [0.717, 1.165) is 5.69 Å². The lowest BCUT2D eigenvalue weighted by molar-refractivity contribution is 0.581. The molecular weight excluding hydrogens is 300 g/mol. The third-order valence-corrected chi connectivity index (χ3v) is 4.70. The van der Waals surface area contributed by atoms with E-state index in [-0.39, 0.29) is 23.0 Å². The van der Waals surface area contributed by atoms with Gasteiger partial charge in [0.1, 0.15) is 4.90 Å². The summed E-state index contributed by atoms with van der Waals surface area (Å²) in [5, 5.41) is 0.177. The third kappa shape index (κ3) is 3.57. The Bertz CT molecular complexity index is 671. The minimum absolute atomic E-state index is 0.0479. The van der Waals surface area contributed by atoms with Gasteiger partial charge in [-0.3, -0.25) is 0 Å². The van der Waals surface area contributed by atoms with Crippen LogP contribution < -0.4 is 10.5 Å². The molecule has 2 aromatic rings. The molecular formula is C12H15ClN4O2S. The van der Waals surface area contributed by atoms with E-state index in [1.807, 2.05) is 0 Å². The van der Waals surface area contributed by atoms with Crippen molar-refractivity contribution < 1.29 is 8.42 Å². The molecule has 0 radical (unpaired) electrons. The Balaban J connectivity index is 2.09. The van der Waals surface area contributed by atoms with Crippen LogP contribution in [0.5, 0.6) is 0 Å². The van der Waals surface area contributed by atoms with Crippen LogP contribution in [0.15, 0.2) is 35.6 Å². The van der Waals surface area contributed by atoms with E-state index in [1.54, 1.807) is 18.6 Å². The molecule has 1 aromatic heterocycles. The fraction of sp³-hybridized carbons (Fsp3) is 0.250. The van der Waals surface area contributed by atoms with Crippen molar-refractivity contribution in [3.63, 3.8) is 0 Å². The number of aromatic nitrogens is 2. The molecule has 0 aliphatic heterocycles. The van der Waals surface area contributed by atoms with E-state index in [1.165, 1.54) is 12.1 Å². The Morgan fingerprint density at radius 3 is 2.85 bits per heavy atom. The summed E-state index contributed by atoms with van der Waals surface area (Å²) in [6.45, 7) is 0.515. The number of nitrogens with zero attached hydrogens (tertiary/aromatic N) is 1. The number of nitrogens with one attached hydrogen (secondary N) is 2. The standard InChI is InChI=1S/C12H15ClN4O2S/c13-11-2-1-9(6-14)5-12(11)20(18,19)17-4-3-10-7-15-8-16-10/h1-2,5,7-8,17H,3-4,6,14H2,(H,15,16). The van der Waals surface area contributed by atoms with Gasteiger partial charge in [-0.25, -0.2) is 18.1 Å². The molecule has 0 aliphatic rings. The second kappa shape index (κ2) is 6.36.